The third-order valence-electron chi connectivity index (χ3n) is 2.66. The molecule has 21 heavy (non-hydrogen) atoms. The van der Waals surface area contributed by atoms with Crippen LogP contribution in [-0.4, -0.2) is 18.4 Å². The van der Waals surface area contributed by atoms with E-state index in [-0.39, 0.29) is 18.1 Å². The van der Waals surface area contributed by atoms with Crippen LogP contribution in [0.5, 0.6) is 11.5 Å². The van der Waals surface area contributed by atoms with E-state index in [0.717, 1.165) is 4.47 Å². The molecule has 0 radical (unpaired) electrons. The van der Waals surface area contributed by atoms with Gasteiger partial charge in [0, 0.05) is 4.47 Å². The SMILES string of the molecule is CC(=O)c1ccccc1OC(=O)COc1ccc(Br)cc1. The summed E-state index contributed by atoms with van der Waals surface area (Å²) in [5, 5.41) is 0. The van der Waals surface area contributed by atoms with Gasteiger partial charge in [-0.15, -0.1) is 0 Å². The van der Waals surface area contributed by atoms with Gasteiger partial charge in [0.05, 0.1) is 5.56 Å². The van der Waals surface area contributed by atoms with Gasteiger partial charge in [-0.1, -0.05) is 28.1 Å². The zero-order valence-corrected chi connectivity index (χ0v) is 12.9. The minimum absolute atomic E-state index is 0.160. The lowest BCUT2D eigenvalue weighted by Crippen LogP contribution is -2.18. The molecule has 4 nitrogen and oxygen atoms in total. The number of para-hydroxylation sites is 1. The van der Waals surface area contributed by atoms with E-state index in [1.807, 2.05) is 12.1 Å². The molecule has 0 saturated carbocycles. The first-order chi connectivity index (χ1) is 10.1. The van der Waals surface area contributed by atoms with Crippen molar-refractivity contribution in [1.82, 2.24) is 0 Å². The molecule has 0 aliphatic heterocycles. The number of halogens is 1. The molecule has 108 valence electrons. The number of hydrogen-bond donors (Lipinski definition) is 0. The van der Waals surface area contributed by atoms with Gasteiger partial charge in [-0.2, -0.15) is 0 Å². The average molecular weight is 349 g/mol. The van der Waals surface area contributed by atoms with E-state index >= 15 is 0 Å². The van der Waals surface area contributed by atoms with Crippen LogP contribution in [0.4, 0.5) is 0 Å². The van der Waals surface area contributed by atoms with Crippen LogP contribution in [0.25, 0.3) is 0 Å². The van der Waals surface area contributed by atoms with Gasteiger partial charge in [0.15, 0.2) is 12.4 Å². The Bertz CT molecular complexity index is 650. The summed E-state index contributed by atoms with van der Waals surface area (Å²) in [4.78, 5) is 23.2. The molecule has 0 amide bonds. The summed E-state index contributed by atoms with van der Waals surface area (Å²) in [6.07, 6.45) is 0. The standard InChI is InChI=1S/C16H13BrO4/c1-11(18)14-4-2-3-5-15(14)21-16(19)10-20-13-8-6-12(17)7-9-13/h2-9H,10H2,1H3. The van der Waals surface area contributed by atoms with Crippen LogP contribution in [-0.2, 0) is 4.79 Å². The zero-order chi connectivity index (χ0) is 15.2. The van der Waals surface area contributed by atoms with Crippen LogP contribution >= 0.6 is 15.9 Å². The maximum Gasteiger partial charge on any atom is 0.349 e. The highest BCUT2D eigenvalue weighted by Gasteiger charge is 2.12. The molecule has 0 N–H and O–H groups in total. The van der Waals surface area contributed by atoms with E-state index < -0.39 is 5.97 Å². The lowest BCUT2D eigenvalue weighted by molar-refractivity contribution is -0.136. The van der Waals surface area contributed by atoms with E-state index in [1.165, 1.54) is 6.92 Å². The predicted octanol–water partition coefficient (Wildman–Crippen LogP) is 3.64. The van der Waals surface area contributed by atoms with E-state index in [4.69, 9.17) is 9.47 Å². The molecular formula is C16H13BrO4. The van der Waals surface area contributed by atoms with Gasteiger partial charge in [0.2, 0.25) is 0 Å². The number of ether oxygens (including phenoxy) is 2. The van der Waals surface area contributed by atoms with Crippen LogP contribution in [0, 0.1) is 0 Å². The van der Waals surface area contributed by atoms with Gasteiger partial charge in [0.25, 0.3) is 0 Å². The average Bonchev–Trinajstić information content (AvgIpc) is 2.47. The Morgan fingerprint density at radius 3 is 2.38 bits per heavy atom. The predicted molar refractivity (Wildman–Crippen MR) is 81.7 cm³/mol. The van der Waals surface area contributed by atoms with Crippen molar-refractivity contribution in [1.29, 1.82) is 0 Å². The molecule has 0 spiro atoms. The smallest absolute Gasteiger partial charge is 0.349 e. The number of carbonyl (C=O) groups is 2. The number of esters is 1. The zero-order valence-electron chi connectivity index (χ0n) is 11.3. The fourth-order valence-electron chi connectivity index (χ4n) is 1.67. The van der Waals surface area contributed by atoms with Crippen molar-refractivity contribution in [3.05, 3.63) is 58.6 Å². The van der Waals surface area contributed by atoms with Crippen molar-refractivity contribution >= 4 is 27.7 Å². The molecule has 0 aliphatic carbocycles. The number of rotatable bonds is 5. The Kier molecular flexibility index (Phi) is 5.11. The monoisotopic (exact) mass is 348 g/mol. The van der Waals surface area contributed by atoms with Gasteiger partial charge < -0.3 is 9.47 Å². The fourth-order valence-corrected chi connectivity index (χ4v) is 1.94. The first-order valence-corrected chi connectivity index (χ1v) is 7.04. The minimum atomic E-state index is -0.563. The summed E-state index contributed by atoms with van der Waals surface area (Å²) in [6.45, 7) is 1.19. The molecule has 0 unspecified atom stereocenters. The molecule has 0 atom stereocenters. The highest BCUT2D eigenvalue weighted by Crippen LogP contribution is 2.19. The van der Waals surface area contributed by atoms with Crippen molar-refractivity contribution in [2.75, 3.05) is 6.61 Å². The van der Waals surface area contributed by atoms with E-state index in [9.17, 15) is 9.59 Å². The number of hydrogen-bond acceptors (Lipinski definition) is 4. The van der Waals surface area contributed by atoms with E-state index in [1.54, 1.807) is 36.4 Å². The summed E-state index contributed by atoms with van der Waals surface area (Å²) in [6, 6.07) is 13.7. The van der Waals surface area contributed by atoms with Crippen LogP contribution < -0.4 is 9.47 Å². The molecule has 0 heterocycles. The summed E-state index contributed by atoms with van der Waals surface area (Å²) >= 11 is 3.31. The quantitative estimate of drug-likeness (QED) is 0.470. The second-order valence-electron chi connectivity index (χ2n) is 4.27. The molecule has 0 fully saturated rings. The summed E-state index contributed by atoms with van der Waals surface area (Å²) in [7, 11) is 0. The Hall–Kier alpha value is -2.14. The van der Waals surface area contributed by atoms with Gasteiger partial charge in [-0.25, -0.2) is 4.79 Å². The van der Waals surface area contributed by atoms with E-state index in [0.29, 0.717) is 11.3 Å². The van der Waals surface area contributed by atoms with E-state index in [2.05, 4.69) is 15.9 Å². The third kappa shape index (κ3) is 4.43. The van der Waals surface area contributed by atoms with Crippen LogP contribution in [0.3, 0.4) is 0 Å². The first-order valence-electron chi connectivity index (χ1n) is 6.25. The second-order valence-corrected chi connectivity index (χ2v) is 5.18. The molecule has 2 aromatic rings. The Labute approximate surface area is 130 Å². The molecular weight excluding hydrogens is 336 g/mol. The van der Waals surface area contributed by atoms with Gasteiger partial charge >= 0.3 is 5.97 Å². The lowest BCUT2D eigenvalue weighted by Gasteiger charge is -2.09. The van der Waals surface area contributed by atoms with Crippen molar-refractivity contribution in [2.45, 2.75) is 6.92 Å². The number of benzene rings is 2. The third-order valence-corrected chi connectivity index (χ3v) is 3.19. The van der Waals surface area contributed by atoms with Crippen molar-refractivity contribution in [3.63, 3.8) is 0 Å². The molecule has 0 aliphatic rings. The van der Waals surface area contributed by atoms with Gasteiger partial charge in [-0.3, -0.25) is 4.79 Å². The second kappa shape index (κ2) is 7.04. The van der Waals surface area contributed by atoms with Crippen molar-refractivity contribution in [3.8, 4) is 11.5 Å². The molecule has 5 heteroatoms. The first kappa shape index (κ1) is 15.3. The minimum Gasteiger partial charge on any atom is -0.482 e. The molecule has 0 saturated heterocycles. The summed E-state index contributed by atoms with van der Waals surface area (Å²) in [5.74, 6) is 0.0863. The highest BCUT2D eigenvalue weighted by atomic mass is 79.9. The van der Waals surface area contributed by atoms with Crippen molar-refractivity contribution in [2.24, 2.45) is 0 Å². The maximum atomic E-state index is 11.8. The Balaban J connectivity index is 1.96. The highest BCUT2D eigenvalue weighted by molar-refractivity contribution is 9.10. The van der Waals surface area contributed by atoms with Crippen LogP contribution in [0.1, 0.15) is 17.3 Å². The summed E-state index contributed by atoms with van der Waals surface area (Å²) < 4.78 is 11.4. The fraction of sp³-hybridized carbons (Fsp3) is 0.125. The topological polar surface area (TPSA) is 52.6 Å². The Morgan fingerprint density at radius 2 is 1.71 bits per heavy atom. The van der Waals surface area contributed by atoms with Crippen LogP contribution in [0.15, 0.2) is 53.0 Å². The summed E-state index contributed by atoms with van der Waals surface area (Å²) in [5.41, 5.74) is 0.370. The number of ketones is 1. The Morgan fingerprint density at radius 1 is 1.05 bits per heavy atom. The largest absolute Gasteiger partial charge is 0.482 e. The molecule has 0 bridgehead atoms. The van der Waals surface area contributed by atoms with Gasteiger partial charge in [-0.05, 0) is 43.3 Å². The van der Waals surface area contributed by atoms with Gasteiger partial charge in [0.1, 0.15) is 11.5 Å². The maximum absolute atomic E-state index is 11.8. The van der Waals surface area contributed by atoms with Crippen molar-refractivity contribution < 1.29 is 19.1 Å². The molecule has 2 rings (SSSR count). The lowest BCUT2D eigenvalue weighted by atomic mass is 10.1. The number of Topliss-reactive ketones (excluding diaryl/α,β-unsaturated/α-hetero) is 1. The molecule has 0 aromatic heterocycles. The number of carbonyl (C=O) groups excluding carboxylic acids is 2. The van der Waals surface area contributed by atoms with Crippen LogP contribution in [0.2, 0.25) is 0 Å². The molecule has 2 aromatic carbocycles. The normalized spacial score (nSPS) is 10.0.